The second-order valence-electron chi connectivity index (χ2n) is 6.39. The number of carbonyl (C=O) groups excluding carboxylic acids is 2. The zero-order valence-corrected chi connectivity index (χ0v) is 16.5. The largest absolute Gasteiger partial charge is 0.355 e. The van der Waals surface area contributed by atoms with Gasteiger partial charge in [-0.05, 0) is 55.7 Å². The van der Waals surface area contributed by atoms with Gasteiger partial charge < -0.3 is 15.2 Å². The Labute approximate surface area is 160 Å². The minimum Gasteiger partial charge on any atom is -0.355 e. The Balaban J connectivity index is 1.72. The highest BCUT2D eigenvalue weighted by atomic mass is 32.1. The van der Waals surface area contributed by atoms with Crippen LogP contribution >= 0.6 is 22.7 Å². The molecule has 7 heteroatoms. The second-order valence-corrected chi connectivity index (χ2v) is 8.45. The number of rotatable bonds is 4. The van der Waals surface area contributed by atoms with E-state index in [1.807, 2.05) is 29.0 Å². The van der Waals surface area contributed by atoms with Crippen molar-refractivity contribution in [2.45, 2.75) is 39.2 Å². The van der Waals surface area contributed by atoms with Crippen LogP contribution in [0.1, 0.15) is 51.1 Å². The molecule has 5 nitrogen and oxygen atoms in total. The molecule has 0 bridgehead atoms. The first-order valence-corrected chi connectivity index (χ1v) is 10.6. The van der Waals surface area contributed by atoms with Gasteiger partial charge in [0.15, 0.2) is 0 Å². The smallest absolute Gasteiger partial charge is 0.272 e. The van der Waals surface area contributed by atoms with Crippen molar-refractivity contribution in [3.8, 4) is 0 Å². The molecule has 0 atom stereocenters. The number of hydrogen-bond donors (Lipinski definition) is 2. The Morgan fingerprint density at radius 1 is 1.23 bits per heavy atom. The number of aryl methyl sites for hydroxylation is 2. The van der Waals surface area contributed by atoms with E-state index in [9.17, 15) is 9.59 Å². The third kappa shape index (κ3) is 2.75. The number of amides is 2. The van der Waals surface area contributed by atoms with E-state index >= 15 is 0 Å². The van der Waals surface area contributed by atoms with Crippen molar-refractivity contribution in [2.24, 2.45) is 0 Å². The van der Waals surface area contributed by atoms with Gasteiger partial charge in [0.25, 0.3) is 11.8 Å². The molecule has 0 saturated carbocycles. The first kappa shape index (κ1) is 17.3. The zero-order valence-electron chi connectivity index (χ0n) is 14.8. The lowest BCUT2D eigenvalue weighted by Crippen LogP contribution is -2.23. The first-order valence-electron chi connectivity index (χ1n) is 8.88. The summed E-state index contributed by atoms with van der Waals surface area (Å²) in [4.78, 5) is 26.7. The summed E-state index contributed by atoms with van der Waals surface area (Å²) in [7, 11) is 1.64. The topological polar surface area (TPSA) is 63.1 Å². The normalized spacial score (nSPS) is 13.6. The fraction of sp³-hybridized carbons (Fsp3) is 0.368. The maximum atomic E-state index is 13.0. The average Bonchev–Trinajstić information content (AvgIpc) is 3.32. The zero-order chi connectivity index (χ0) is 18.3. The van der Waals surface area contributed by atoms with Crippen molar-refractivity contribution >= 4 is 49.7 Å². The number of aromatic nitrogens is 1. The van der Waals surface area contributed by atoms with Crippen LogP contribution in [0, 0.1) is 0 Å². The summed E-state index contributed by atoms with van der Waals surface area (Å²) in [5.41, 5.74) is 3.49. The van der Waals surface area contributed by atoms with Crippen LogP contribution in [-0.2, 0) is 19.4 Å². The highest BCUT2D eigenvalue weighted by molar-refractivity contribution is 7.17. The number of nitrogens with zero attached hydrogens (tertiary/aromatic N) is 1. The van der Waals surface area contributed by atoms with Gasteiger partial charge in [0, 0.05) is 18.5 Å². The Kier molecular flexibility index (Phi) is 4.58. The molecule has 0 saturated heterocycles. The maximum absolute atomic E-state index is 13.0. The summed E-state index contributed by atoms with van der Waals surface area (Å²) in [5, 5.41) is 8.46. The SMILES string of the molecule is CCn1c(C(=O)Nc2sc3c(c2C(=O)NC)CCCC3)cc2sccc21. The van der Waals surface area contributed by atoms with Gasteiger partial charge in [-0.1, -0.05) is 0 Å². The quantitative estimate of drug-likeness (QED) is 0.702. The molecule has 4 rings (SSSR count). The summed E-state index contributed by atoms with van der Waals surface area (Å²) in [6.45, 7) is 2.76. The lowest BCUT2D eigenvalue weighted by atomic mass is 9.95. The molecular weight excluding hydrogens is 366 g/mol. The third-order valence-corrected chi connectivity index (χ3v) is 6.98. The van der Waals surface area contributed by atoms with Crippen LogP contribution in [0.25, 0.3) is 10.2 Å². The van der Waals surface area contributed by atoms with Crippen LogP contribution in [0.3, 0.4) is 0 Å². The Morgan fingerprint density at radius 2 is 2.04 bits per heavy atom. The molecule has 1 aliphatic rings. The summed E-state index contributed by atoms with van der Waals surface area (Å²) < 4.78 is 3.13. The van der Waals surface area contributed by atoms with E-state index in [2.05, 4.69) is 10.6 Å². The van der Waals surface area contributed by atoms with Gasteiger partial charge in [-0.3, -0.25) is 9.59 Å². The van der Waals surface area contributed by atoms with E-state index in [1.165, 1.54) is 4.88 Å². The summed E-state index contributed by atoms with van der Waals surface area (Å²) in [6.07, 6.45) is 4.13. The van der Waals surface area contributed by atoms with Gasteiger partial charge in [0.05, 0.1) is 15.8 Å². The molecule has 1 aliphatic carbocycles. The molecule has 2 N–H and O–H groups in total. The van der Waals surface area contributed by atoms with Crippen LogP contribution in [-0.4, -0.2) is 23.4 Å². The summed E-state index contributed by atoms with van der Waals surface area (Å²) in [5.74, 6) is -0.273. The van der Waals surface area contributed by atoms with E-state index in [4.69, 9.17) is 0 Å². The Hall–Kier alpha value is -2.12. The van der Waals surface area contributed by atoms with Crippen LogP contribution in [0.4, 0.5) is 5.00 Å². The molecule has 0 fully saturated rings. The third-order valence-electron chi connectivity index (χ3n) is 4.92. The van der Waals surface area contributed by atoms with E-state index in [1.54, 1.807) is 29.7 Å². The summed E-state index contributed by atoms with van der Waals surface area (Å²) in [6, 6.07) is 3.98. The van der Waals surface area contributed by atoms with Gasteiger partial charge in [0.1, 0.15) is 10.7 Å². The number of thiophene rings is 2. The number of fused-ring (bicyclic) bond motifs is 2. The molecule has 136 valence electrons. The van der Waals surface area contributed by atoms with E-state index < -0.39 is 0 Å². The van der Waals surface area contributed by atoms with E-state index in [0.29, 0.717) is 16.3 Å². The molecule has 3 heterocycles. The van der Waals surface area contributed by atoms with Gasteiger partial charge in [-0.2, -0.15) is 0 Å². The predicted octanol–water partition coefficient (Wildman–Crippen LogP) is 4.27. The number of hydrogen-bond acceptors (Lipinski definition) is 4. The monoisotopic (exact) mass is 387 g/mol. The molecule has 0 aromatic carbocycles. The summed E-state index contributed by atoms with van der Waals surface area (Å²) >= 11 is 3.18. The molecular formula is C19H21N3O2S2. The molecule has 2 amide bonds. The Morgan fingerprint density at radius 3 is 2.81 bits per heavy atom. The second kappa shape index (κ2) is 6.89. The van der Waals surface area contributed by atoms with Crippen molar-refractivity contribution in [1.29, 1.82) is 0 Å². The molecule has 3 aromatic heterocycles. The van der Waals surface area contributed by atoms with Gasteiger partial charge in [0.2, 0.25) is 0 Å². The van der Waals surface area contributed by atoms with Crippen molar-refractivity contribution in [1.82, 2.24) is 9.88 Å². The molecule has 0 unspecified atom stereocenters. The molecule has 26 heavy (non-hydrogen) atoms. The Bertz CT molecular complexity index is 996. The van der Waals surface area contributed by atoms with Crippen LogP contribution in [0.15, 0.2) is 17.5 Å². The van der Waals surface area contributed by atoms with Gasteiger partial charge in [-0.15, -0.1) is 22.7 Å². The van der Waals surface area contributed by atoms with Crippen molar-refractivity contribution in [3.05, 3.63) is 39.2 Å². The highest BCUT2D eigenvalue weighted by Crippen LogP contribution is 2.38. The standard InChI is InChI=1S/C19H21N3O2S2/c1-3-22-12-8-9-25-15(12)10-13(22)17(23)21-19-16(18(24)20-2)11-6-4-5-7-14(11)26-19/h8-10H,3-7H2,1-2H3,(H,20,24)(H,21,23). The van der Waals surface area contributed by atoms with E-state index in [0.717, 1.165) is 48.0 Å². The highest BCUT2D eigenvalue weighted by Gasteiger charge is 2.26. The first-order chi connectivity index (χ1) is 12.6. The van der Waals surface area contributed by atoms with E-state index in [-0.39, 0.29) is 11.8 Å². The minimum atomic E-state index is -0.154. The predicted molar refractivity (Wildman–Crippen MR) is 108 cm³/mol. The van der Waals surface area contributed by atoms with Crippen LogP contribution in [0.5, 0.6) is 0 Å². The number of carbonyl (C=O) groups is 2. The molecule has 0 radical (unpaired) electrons. The average molecular weight is 388 g/mol. The lowest BCUT2D eigenvalue weighted by Gasteiger charge is -2.12. The van der Waals surface area contributed by atoms with Crippen molar-refractivity contribution < 1.29 is 9.59 Å². The van der Waals surface area contributed by atoms with Gasteiger partial charge in [-0.25, -0.2) is 0 Å². The van der Waals surface area contributed by atoms with Gasteiger partial charge >= 0.3 is 0 Å². The van der Waals surface area contributed by atoms with Crippen molar-refractivity contribution in [3.63, 3.8) is 0 Å². The minimum absolute atomic E-state index is 0.119. The molecule has 3 aromatic rings. The fourth-order valence-corrected chi connectivity index (χ4v) is 5.80. The maximum Gasteiger partial charge on any atom is 0.272 e. The van der Waals surface area contributed by atoms with Crippen LogP contribution in [0.2, 0.25) is 0 Å². The molecule has 0 aliphatic heterocycles. The van der Waals surface area contributed by atoms with Crippen LogP contribution < -0.4 is 10.6 Å². The van der Waals surface area contributed by atoms with Crippen molar-refractivity contribution in [2.75, 3.05) is 12.4 Å². The molecule has 0 spiro atoms. The lowest BCUT2D eigenvalue weighted by molar-refractivity contribution is 0.0963. The number of anilines is 1. The number of nitrogens with one attached hydrogen (secondary N) is 2. The fourth-order valence-electron chi connectivity index (χ4n) is 3.69.